The molecule has 19 heavy (non-hydrogen) atoms. The first-order valence-corrected chi connectivity index (χ1v) is 5.96. The fourth-order valence-corrected chi connectivity index (χ4v) is 1.70. The van der Waals surface area contributed by atoms with E-state index < -0.39 is 0 Å². The summed E-state index contributed by atoms with van der Waals surface area (Å²) in [5.74, 6) is 1.14. The fraction of sp³-hybridized carbons (Fsp3) is 0.429. The van der Waals surface area contributed by atoms with Gasteiger partial charge in [0.2, 0.25) is 5.89 Å². The normalized spacial score (nSPS) is 11.2. The minimum absolute atomic E-state index is 0. The molecule has 4 nitrogen and oxygen atoms in total. The van der Waals surface area contributed by atoms with Gasteiger partial charge in [-0.05, 0) is 11.1 Å². The van der Waals surface area contributed by atoms with Gasteiger partial charge < -0.3 is 10.3 Å². The van der Waals surface area contributed by atoms with Crippen LogP contribution in [0.1, 0.15) is 32.2 Å². The summed E-state index contributed by atoms with van der Waals surface area (Å²) in [5.41, 5.74) is 8.44. The summed E-state index contributed by atoms with van der Waals surface area (Å²) in [4.78, 5) is 4.37. The minimum atomic E-state index is 0. The van der Waals surface area contributed by atoms with Gasteiger partial charge in [0.25, 0.3) is 0 Å². The zero-order valence-electron chi connectivity index (χ0n) is 11.6. The summed E-state index contributed by atoms with van der Waals surface area (Å²) < 4.78 is 5.24. The molecule has 0 amide bonds. The average molecular weight is 303 g/mol. The van der Waals surface area contributed by atoms with Crippen molar-refractivity contribution in [3.63, 3.8) is 0 Å². The first kappa shape index (κ1) is 15.7. The second-order valence-corrected chi connectivity index (χ2v) is 5.76. The summed E-state index contributed by atoms with van der Waals surface area (Å²) in [5, 5.41) is 3.96. The second kappa shape index (κ2) is 5.74. The summed E-state index contributed by atoms with van der Waals surface area (Å²) in [6.07, 6.45) is 0.742. The van der Waals surface area contributed by atoms with Crippen LogP contribution in [0.5, 0.6) is 0 Å². The van der Waals surface area contributed by atoms with Crippen LogP contribution in [0.2, 0.25) is 0 Å². The topological polar surface area (TPSA) is 64.9 Å². The first-order valence-electron chi connectivity index (χ1n) is 5.96. The predicted octanol–water partition coefficient (Wildman–Crippen LogP) is 3.01. The van der Waals surface area contributed by atoms with E-state index in [2.05, 4.69) is 37.0 Å². The predicted molar refractivity (Wildman–Crippen MR) is 70.9 cm³/mol. The summed E-state index contributed by atoms with van der Waals surface area (Å²) >= 11 is 0. The molecular formula is C14H18N3NiO-. The van der Waals surface area contributed by atoms with Gasteiger partial charge >= 0.3 is 0 Å². The van der Waals surface area contributed by atoms with Crippen molar-refractivity contribution >= 4 is 5.69 Å². The van der Waals surface area contributed by atoms with Crippen molar-refractivity contribution in [2.45, 2.75) is 34.1 Å². The Hall–Kier alpha value is -1.35. The zero-order chi connectivity index (χ0) is 13.3. The van der Waals surface area contributed by atoms with Crippen LogP contribution in [0.3, 0.4) is 0 Å². The van der Waals surface area contributed by atoms with E-state index in [-0.39, 0.29) is 21.9 Å². The molecule has 0 saturated heterocycles. The van der Waals surface area contributed by atoms with E-state index in [0.717, 1.165) is 12.0 Å². The van der Waals surface area contributed by atoms with Crippen LogP contribution >= 0.6 is 0 Å². The van der Waals surface area contributed by atoms with Crippen molar-refractivity contribution in [2.75, 3.05) is 5.73 Å². The summed E-state index contributed by atoms with van der Waals surface area (Å²) in [6, 6.07) is 6.83. The number of aromatic nitrogens is 2. The largest absolute Gasteiger partial charge is 0.437 e. The number of hydrogen-bond acceptors (Lipinski definition) is 4. The molecule has 0 unspecified atom stereocenters. The molecule has 1 aromatic carbocycles. The molecule has 0 spiro atoms. The Bertz CT molecular complexity index is 558. The first-order chi connectivity index (χ1) is 8.35. The maximum absolute atomic E-state index is 5.94. The van der Waals surface area contributed by atoms with E-state index in [1.807, 2.05) is 19.1 Å². The fourth-order valence-electron chi connectivity index (χ4n) is 1.70. The molecule has 2 rings (SSSR count). The second-order valence-electron chi connectivity index (χ2n) is 5.76. The number of benzene rings is 1. The van der Waals surface area contributed by atoms with E-state index in [1.54, 1.807) is 0 Å². The Morgan fingerprint density at radius 3 is 2.63 bits per heavy atom. The van der Waals surface area contributed by atoms with Crippen molar-refractivity contribution in [1.29, 1.82) is 0 Å². The molecule has 0 fully saturated rings. The van der Waals surface area contributed by atoms with Crippen LogP contribution in [-0.4, -0.2) is 10.1 Å². The van der Waals surface area contributed by atoms with Gasteiger partial charge in [0, 0.05) is 22.9 Å². The smallest absolute Gasteiger partial charge is 0.217 e. The molecule has 0 bridgehead atoms. The number of aryl methyl sites for hydroxylation is 1. The standard InChI is InChI=1S/C14H18N3O.Ni/c1-9-5-6-10(11(15)7-9)13-16-12(18-17-13)8-14(2,3)4;/h5,7H,8,15H2,1-4H3;/q-1;. The molecule has 0 aliphatic rings. The van der Waals surface area contributed by atoms with Gasteiger partial charge in [0.05, 0.1) is 0 Å². The maximum atomic E-state index is 5.94. The van der Waals surface area contributed by atoms with Gasteiger partial charge in [-0.2, -0.15) is 0 Å². The van der Waals surface area contributed by atoms with E-state index in [0.29, 0.717) is 23.0 Å². The molecule has 0 aliphatic carbocycles. The van der Waals surface area contributed by atoms with Crippen molar-refractivity contribution in [3.05, 3.63) is 29.7 Å². The van der Waals surface area contributed by atoms with Crippen molar-refractivity contribution < 1.29 is 21.0 Å². The van der Waals surface area contributed by atoms with E-state index in [1.165, 1.54) is 0 Å². The third-order valence-electron chi connectivity index (χ3n) is 2.49. The van der Waals surface area contributed by atoms with Gasteiger partial charge in [-0.25, -0.2) is 4.98 Å². The maximum Gasteiger partial charge on any atom is 0.217 e. The Morgan fingerprint density at radius 2 is 2.05 bits per heavy atom. The molecule has 0 atom stereocenters. The molecular weight excluding hydrogens is 285 g/mol. The molecule has 2 aromatic rings. The summed E-state index contributed by atoms with van der Waals surface area (Å²) in [7, 11) is 0. The third-order valence-corrected chi connectivity index (χ3v) is 2.49. The van der Waals surface area contributed by atoms with Gasteiger partial charge in [-0.1, -0.05) is 33.3 Å². The molecule has 0 aliphatic heterocycles. The van der Waals surface area contributed by atoms with Gasteiger partial charge in [-0.3, -0.25) is 0 Å². The van der Waals surface area contributed by atoms with Crippen molar-refractivity contribution in [1.82, 2.24) is 10.1 Å². The SMILES string of the molecule is Cc1c[c-]c(-c2noc(CC(C)(C)C)n2)c(N)c1.[Ni]. The number of rotatable bonds is 2. The van der Waals surface area contributed by atoms with Gasteiger partial charge in [0.15, 0.2) is 0 Å². The van der Waals surface area contributed by atoms with Crippen LogP contribution in [0.15, 0.2) is 16.7 Å². The molecule has 1 heterocycles. The molecule has 2 N–H and O–H groups in total. The molecule has 106 valence electrons. The van der Waals surface area contributed by atoms with E-state index in [4.69, 9.17) is 10.3 Å². The van der Waals surface area contributed by atoms with Crippen molar-refractivity contribution in [3.8, 4) is 11.4 Å². The zero-order valence-corrected chi connectivity index (χ0v) is 12.5. The molecule has 0 radical (unpaired) electrons. The molecule has 5 heteroatoms. The van der Waals surface area contributed by atoms with Crippen LogP contribution in [0.25, 0.3) is 11.4 Å². The van der Waals surface area contributed by atoms with Crippen LogP contribution in [0, 0.1) is 18.4 Å². The summed E-state index contributed by atoms with van der Waals surface area (Å²) in [6.45, 7) is 8.35. The number of nitrogen functional groups attached to an aromatic ring is 1. The Balaban J connectivity index is 0.00000180. The van der Waals surface area contributed by atoms with E-state index in [9.17, 15) is 0 Å². The molecule has 1 aromatic heterocycles. The number of nitrogens with two attached hydrogens (primary N) is 1. The third kappa shape index (κ3) is 4.07. The van der Waals surface area contributed by atoms with Crippen LogP contribution < -0.4 is 5.73 Å². The molecule has 0 saturated carbocycles. The Kier molecular flexibility index (Phi) is 4.75. The quantitative estimate of drug-likeness (QED) is 0.526. The van der Waals surface area contributed by atoms with E-state index >= 15 is 0 Å². The number of hydrogen-bond donors (Lipinski definition) is 1. The Labute approximate surface area is 123 Å². The number of anilines is 1. The van der Waals surface area contributed by atoms with Crippen molar-refractivity contribution in [2.24, 2.45) is 5.41 Å². The number of nitrogens with zero attached hydrogens (tertiary/aromatic N) is 2. The van der Waals surface area contributed by atoms with Crippen LogP contribution in [-0.2, 0) is 22.9 Å². The van der Waals surface area contributed by atoms with Crippen LogP contribution in [0.4, 0.5) is 5.69 Å². The monoisotopic (exact) mass is 302 g/mol. The average Bonchev–Trinajstić information content (AvgIpc) is 2.63. The van der Waals surface area contributed by atoms with Gasteiger partial charge in [0.1, 0.15) is 5.82 Å². The Morgan fingerprint density at radius 1 is 1.37 bits per heavy atom. The van der Waals surface area contributed by atoms with Gasteiger partial charge in [-0.15, -0.1) is 28.9 Å². The minimum Gasteiger partial charge on any atom is -0.437 e.